The van der Waals surface area contributed by atoms with Gasteiger partial charge >= 0.3 is 0 Å². The second-order valence-electron chi connectivity index (χ2n) is 9.32. The molecule has 5 nitrogen and oxygen atoms in total. The van der Waals surface area contributed by atoms with Crippen LogP contribution >= 0.6 is 0 Å². The zero-order chi connectivity index (χ0) is 23.8. The first kappa shape index (κ1) is 25.4. The lowest BCUT2D eigenvalue weighted by Crippen LogP contribution is -2.39. The molecule has 0 aromatic heterocycles. The maximum absolute atomic E-state index is 13.6. The minimum atomic E-state index is -0.171. The standard InChI is InChI=1S/C27H39N3O2/c1-8-24(21-12-10-9-11-13-21)27(32)30(20(4)5)18-22-17-23(14-15-25(22)29(6)7)28-26(31)16-19(2)3/h9-15,17,19-20,24H,8,16,18H2,1-7H3,(H,28,31)/t24-/m1/s1. The maximum Gasteiger partial charge on any atom is 0.230 e. The molecule has 2 aromatic rings. The lowest BCUT2D eigenvalue weighted by molar-refractivity contribution is -0.135. The highest BCUT2D eigenvalue weighted by Crippen LogP contribution is 2.29. The predicted molar refractivity (Wildman–Crippen MR) is 134 cm³/mol. The van der Waals surface area contributed by atoms with E-state index in [4.69, 9.17) is 0 Å². The van der Waals surface area contributed by atoms with Crippen molar-refractivity contribution >= 4 is 23.2 Å². The molecule has 174 valence electrons. The van der Waals surface area contributed by atoms with E-state index in [9.17, 15) is 9.59 Å². The summed E-state index contributed by atoms with van der Waals surface area (Å²) in [6.07, 6.45) is 1.23. The molecule has 2 rings (SSSR count). The number of anilines is 2. The van der Waals surface area contributed by atoms with Crippen LogP contribution in [-0.2, 0) is 16.1 Å². The van der Waals surface area contributed by atoms with Crippen LogP contribution < -0.4 is 10.2 Å². The second kappa shape index (κ2) is 11.7. The van der Waals surface area contributed by atoms with Gasteiger partial charge in [-0.1, -0.05) is 51.1 Å². The largest absolute Gasteiger partial charge is 0.377 e. The third-order valence-electron chi connectivity index (χ3n) is 5.59. The first-order valence-electron chi connectivity index (χ1n) is 11.6. The summed E-state index contributed by atoms with van der Waals surface area (Å²) in [5, 5.41) is 3.01. The summed E-state index contributed by atoms with van der Waals surface area (Å²) in [6, 6.07) is 16.0. The number of nitrogens with one attached hydrogen (secondary N) is 1. The first-order valence-corrected chi connectivity index (χ1v) is 11.6. The normalized spacial score (nSPS) is 12.0. The molecule has 5 heteroatoms. The number of nitrogens with zero attached hydrogens (tertiary/aromatic N) is 2. The van der Waals surface area contributed by atoms with Crippen molar-refractivity contribution in [3.05, 3.63) is 59.7 Å². The Morgan fingerprint density at radius 2 is 1.62 bits per heavy atom. The Labute approximate surface area is 193 Å². The molecule has 2 aromatic carbocycles. The Kier molecular flexibility index (Phi) is 9.30. The molecule has 0 saturated heterocycles. The Bertz CT molecular complexity index is 891. The number of benzene rings is 2. The van der Waals surface area contributed by atoms with E-state index in [2.05, 4.69) is 26.1 Å². The van der Waals surface area contributed by atoms with Crippen molar-refractivity contribution in [1.82, 2.24) is 4.90 Å². The summed E-state index contributed by atoms with van der Waals surface area (Å²) in [5.41, 5.74) is 3.87. The minimum Gasteiger partial charge on any atom is -0.377 e. The quantitative estimate of drug-likeness (QED) is 0.521. The number of carbonyl (C=O) groups excluding carboxylic acids is 2. The van der Waals surface area contributed by atoms with Gasteiger partial charge in [-0.2, -0.15) is 0 Å². The molecular weight excluding hydrogens is 398 g/mol. The van der Waals surface area contributed by atoms with Crippen LogP contribution in [0.4, 0.5) is 11.4 Å². The van der Waals surface area contributed by atoms with Gasteiger partial charge in [0.05, 0.1) is 5.92 Å². The third kappa shape index (κ3) is 6.84. The average Bonchev–Trinajstić information content (AvgIpc) is 2.72. The smallest absolute Gasteiger partial charge is 0.230 e. The Morgan fingerprint density at radius 1 is 0.969 bits per heavy atom. The predicted octanol–water partition coefficient (Wildman–Crippen LogP) is 5.67. The molecule has 32 heavy (non-hydrogen) atoms. The molecule has 0 radical (unpaired) electrons. The number of amides is 2. The molecule has 0 spiro atoms. The third-order valence-corrected chi connectivity index (χ3v) is 5.59. The Hall–Kier alpha value is -2.82. The molecule has 1 atom stereocenters. The molecule has 0 aliphatic carbocycles. The SMILES string of the molecule is CC[C@@H](C(=O)N(Cc1cc(NC(=O)CC(C)C)ccc1N(C)C)C(C)C)c1ccccc1. The maximum atomic E-state index is 13.6. The van der Waals surface area contributed by atoms with E-state index >= 15 is 0 Å². The minimum absolute atomic E-state index is 0.00969. The lowest BCUT2D eigenvalue weighted by Gasteiger charge is -2.32. The number of carbonyl (C=O) groups is 2. The summed E-state index contributed by atoms with van der Waals surface area (Å²) in [7, 11) is 3.99. The van der Waals surface area contributed by atoms with Gasteiger partial charge in [-0.05, 0) is 55.5 Å². The zero-order valence-corrected chi connectivity index (χ0v) is 20.7. The molecule has 1 N–H and O–H groups in total. The van der Waals surface area contributed by atoms with Crippen molar-refractivity contribution in [2.45, 2.75) is 66.0 Å². The van der Waals surface area contributed by atoms with Crippen molar-refractivity contribution < 1.29 is 9.59 Å². The molecule has 0 aliphatic rings. The van der Waals surface area contributed by atoms with Gasteiger partial charge in [-0.3, -0.25) is 9.59 Å². The Morgan fingerprint density at radius 3 is 2.16 bits per heavy atom. The fourth-order valence-corrected chi connectivity index (χ4v) is 3.95. The fraction of sp³-hybridized carbons (Fsp3) is 0.481. The van der Waals surface area contributed by atoms with Gasteiger partial charge in [0.2, 0.25) is 11.8 Å². The van der Waals surface area contributed by atoms with Crippen molar-refractivity contribution in [3.63, 3.8) is 0 Å². The molecule has 0 saturated carbocycles. The van der Waals surface area contributed by atoms with Crippen molar-refractivity contribution in [2.75, 3.05) is 24.3 Å². The Balaban J connectivity index is 2.35. The van der Waals surface area contributed by atoms with Crippen molar-refractivity contribution in [2.24, 2.45) is 5.92 Å². The highest BCUT2D eigenvalue weighted by Gasteiger charge is 2.27. The molecule has 2 amide bonds. The molecule has 0 heterocycles. The summed E-state index contributed by atoms with van der Waals surface area (Å²) in [4.78, 5) is 29.9. The summed E-state index contributed by atoms with van der Waals surface area (Å²) in [5.74, 6) is 0.270. The van der Waals surface area contributed by atoms with Crippen LogP contribution in [0.1, 0.15) is 64.5 Å². The van der Waals surface area contributed by atoms with Crippen LogP contribution in [0.3, 0.4) is 0 Å². The van der Waals surface area contributed by atoms with Gasteiger partial charge in [0.25, 0.3) is 0 Å². The fourth-order valence-electron chi connectivity index (χ4n) is 3.95. The lowest BCUT2D eigenvalue weighted by atomic mass is 9.94. The average molecular weight is 438 g/mol. The van der Waals surface area contributed by atoms with Crippen molar-refractivity contribution in [3.8, 4) is 0 Å². The van der Waals surface area contributed by atoms with Gasteiger partial charge in [0, 0.05) is 44.5 Å². The van der Waals surface area contributed by atoms with E-state index in [-0.39, 0.29) is 23.8 Å². The topological polar surface area (TPSA) is 52.7 Å². The summed E-state index contributed by atoms with van der Waals surface area (Å²) in [6.45, 7) is 10.7. The van der Waals surface area contributed by atoms with Gasteiger partial charge in [0.15, 0.2) is 0 Å². The molecule has 0 bridgehead atoms. The van der Waals surface area contributed by atoms with Crippen LogP contribution in [0, 0.1) is 5.92 Å². The van der Waals surface area contributed by atoms with Gasteiger partial charge in [-0.25, -0.2) is 0 Å². The summed E-state index contributed by atoms with van der Waals surface area (Å²) < 4.78 is 0. The van der Waals surface area contributed by atoms with E-state index in [0.29, 0.717) is 18.9 Å². The zero-order valence-electron chi connectivity index (χ0n) is 20.7. The van der Waals surface area contributed by atoms with Crippen molar-refractivity contribution in [1.29, 1.82) is 0 Å². The van der Waals surface area contributed by atoms with Gasteiger partial charge in [0.1, 0.15) is 0 Å². The van der Waals surface area contributed by atoms with Crippen LogP contribution in [0.2, 0.25) is 0 Å². The molecule has 0 unspecified atom stereocenters. The van der Waals surface area contributed by atoms with Crippen LogP contribution in [0.5, 0.6) is 0 Å². The molecular formula is C27H39N3O2. The number of hydrogen-bond donors (Lipinski definition) is 1. The van der Waals surface area contributed by atoms with E-state index in [0.717, 1.165) is 28.9 Å². The molecule has 0 fully saturated rings. The molecule has 0 aliphatic heterocycles. The van der Waals surface area contributed by atoms with Gasteiger partial charge in [-0.15, -0.1) is 0 Å². The summed E-state index contributed by atoms with van der Waals surface area (Å²) >= 11 is 0. The number of rotatable bonds is 10. The second-order valence-corrected chi connectivity index (χ2v) is 9.32. The van der Waals surface area contributed by atoms with E-state index in [1.807, 2.05) is 86.3 Å². The van der Waals surface area contributed by atoms with Gasteiger partial charge < -0.3 is 15.1 Å². The van der Waals surface area contributed by atoms with E-state index in [1.54, 1.807) is 0 Å². The highest BCUT2D eigenvalue weighted by molar-refractivity contribution is 5.91. The van der Waals surface area contributed by atoms with Crippen LogP contribution in [0.15, 0.2) is 48.5 Å². The first-order chi connectivity index (χ1) is 15.1. The van der Waals surface area contributed by atoms with Crippen LogP contribution in [-0.4, -0.2) is 36.9 Å². The van der Waals surface area contributed by atoms with Crippen LogP contribution in [0.25, 0.3) is 0 Å². The highest BCUT2D eigenvalue weighted by atomic mass is 16.2. The van der Waals surface area contributed by atoms with E-state index < -0.39 is 0 Å². The van der Waals surface area contributed by atoms with E-state index in [1.165, 1.54) is 0 Å². The monoisotopic (exact) mass is 437 g/mol. The number of hydrogen-bond acceptors (Lipinski definition) is 3.